The van der Waals surface area contributed by atoms with Gasteiger partial charge in [0.2, 0.25) is 11.8 Å². The minimum absolute atomic E-state index is 0.0605. The van der Waals surface area contributed by atoms with Gasteiger partial charge in [-0.1, -0.05) is 27.7 Å². The molecule has 7 nitrogen and oxygen atoms in total. The van der Waals surface area contributed by atoms with E-state index in [1.54, 1.807) is 0 Å². The summed E-state index contributed by atoms with van der Waals surface area (Å²) < 4.78 is 0. The summed E-state index contributed by atoms with van der Waals surface area (Å²) in [5, 5.41) is 11.2. The number of nitro groups is 1. The van der Waals surface area contributed by atoms with Crippen molar-refractivity contribution in [2.45, 2.75) is 46.6 Å². The van der Waals surface area contributed by atoms with Crippen LogP contribution >= 0.6 is 0 Å². The van der Waals surface area contributed by atoms with E-state index in [0.717, 1.165) is 12.8 Å². The van der Waals surface area contributed by atoms with Crippen LogP contribution in [0.5, 0.6) is 0 Å². The highest BCUT2D eigenvalue weighted by Gasteiger charge is 2.27. The Bertz CT molecular complexity index is 460. The third kappa shape index (κ3) is 3.79. The Kier molecular flexibility index (Phi) is 5.66. The van der Waals surface area contributed by atoms with Crippen LogP contribution in [0.15, 0.2) is 6.20 Å². The molecule has 0 radical (unpaired) electrons. The van der Waals surface area contributed by atoms with Crippen LogP contribution in [0.3, 0.4) is 0 Å². The van der Waals surface area contributed by atoms with Crippen LogP contribution in [0.2, 0.25) is 0 Å². The van der Waals surface area contributed by atoms with Gasteiger partial charge in [0.1, 0.15) is 6.20 Å². The Morgan fingerprint density at radius 3 is 2.45 bits per heavy atom. The molecule has 0 bridgehead atoms. The van der Waals surface area contributed by atoms with Gasteiger partial charge in [0.15, 0.2) is 0 Å². The Balaban J connectivity index is 3.31. The molecule has 0 aliphatic carbocycles. The fourth-order valence-corrected chi connectivity index (χ4v) is 2.25. The molecule has 0 amide bonds. The number of anilines is 2. The van der Waals surface area contributed by atoms with Crippen LogP contribution < -0.4 is 10.6 Å². The standard InChI is InChI=1S/C13H23N5O2/c1-5-10(6-2)17(8-9(3)4)12-11(18(19)20)7-15-13(14)16-12/h7,9-10H,5-6,8H2,1-4H3,(H2,14,15,16). The van der Waals surface area contributed by atoms with Crippen molar-refractivity contribution in [1.29, 1.82) is 0 Å². The van der Waals surface area contributed by atoms with E-state index in [2.05, 4.69) is 37.7 Å². The van der Waals surface area contributed by atoms with Crippen LogP contribution in [-0.4, -0.2) is 27.5 Å². The summed E-state index contributed by atoms with van der Waals surface area (Å²) in [5.74, 6) is 0.751. The number of nitrogen functional groups attached to an aromatic ring is 1. The molecule has 2 N–H and O–H groups in total. The van der Waals surface area contributed by atoms with Gasteiger partial charge in [-0.3, -0.25) is 10.1 Å². The molecular formula is C13H23N5O2. The van der Waals surface area contributed by atoms with Crippen molar-refractivity contribution in [2.75, 3.05) is 17.2 Å². The molecule has 0 saturated heterocycles. The lowest BCUT2D eigenvalue weighted by Gasteiger charge is -2.32. The molecule has 112 valence electrons. The summed E-state index contributed by atoms with van der Waals surface area (Å²) in [7, 11) is 0. The molecule has 7 heteroatoms. The van der Waals surface area contributed by atoms with Gasteiger partial charge in [-0.15, -0.1) is 0 Å². The molecule has 1 heterocycles. The first kappa shape index (κ1) is 16.1. The monoisotopic (exact) mass is 281 g/mol. The lowest BCUT2D eigenvalue weighted by molar-refractivity contribution is -0.384. The fraction of sp³-hybridized carbons (Fsp3) is 0.692. The molecule has 0 aliphatic heterocycles. The second-order valence-electron chi connectivity index (χ2n) is 5.21. The van der Waals surface area contributed by atoms with Gasteiger partial charge < -0.3 is 10.6 Å². The van der Waals surface area contributed by atoms with Crippen molar-refractivity contribution in [1.82, 2.24) is 9.97 Å². The number of aromatic nitrogens is 2. The van der Waals surface area contributed by atoms with Crippen molar-refractivity contribution >= 4 is 17.5 Å². The number of rotatable bonds is 7. The number of nitrogens with two attached hydrogens (primary N) is 1. The van der Waals surface area contributed by atoms with Crippen molar-refractivity contribution < 1.29 is 4.92 Å². The summed E-state index contributed by atoms with van der Waals surface area (Å²) in [6.07, 6.45) is 2.97. The van der Waals surface area contributed by atoms with Crippen molar-refractivity contribution in [3.05, 3.63) is 16.3 Å². The Hall–Kier alpha value is -1.92. The third-order valence-corrected chi connectivity index (χ3v) is 3.18. The Morgan fingerprint density at radius 1 is 1.40 bits per heavy atom. The van der Waals surface area contributed by atoms with E-state index in [0.29, 0.717) is 18.3 Å². The average Bonchev–Trinajstić information content (AvgIpc) is 2.38. The van der Waals surface area contributed by atoms with Crippen LogP contribution in [0.4, 0.5) is 17.5 Å². The van der Waals surface area contributed by atoms with Gasteiger partial charge in [0, 0.05) is 12.6 Å². The number of hydrogen-bond donors (Lipinski definition) is 1. The topological polar surface area (TPSA) is 98.2 Å². The maximum absolute atomic E-state index is 11.2. The molecule has 0 saturated carbocycles. The molecule has 1 aromatic heterocycles. The van der Waals surface area contributed by atoms with E-state index < -0.39 is 4.92 Å². The highest BCUT2D eigenvalue weighted by Crippen LogP contribution is 2.29. The molecule has 0 spiro atoms. The SMILES string of the molecule is CCC(CC)N(CC(C)C)c1nc(N)ncc1[N+](=O)[O-]. The molecule has 0 fully saturated rings. The van der Waals surface area contributed by atoms with Crippen LogP contribution in [-0.2, 0) is 0 Å². The quantitative estimate of drug-likeness (QED) is 0.609. The number of nitrogens with zero attached hydrogens (tertiary/aromatic N) is 4. The van der Waals surface area contributed by atoms with E-state index in [1.165, 1.54) is 6.20 Å². The molecule has 0 atom stereocenters. The third-order valence-electron chi connectivity index (χ3n) is 3.18. The van der Waals surface area contributed by atoms with Gasteiger partial charge in [-0.05, 0) is 18.8 Å². The summed E-state index contributed by atoms with van der Waals surface area (Å²) in [5.41, 5.74) is 5.52. The van der Waals surface area contributed by atoms with E-state index in [4.69, 9.17) is 5.73 Å². The molecular weight excluding hydrogens is 258 g/mol. The first-order chi connectivity index (χ1) is 9.40. The highest BCUT2D eigenvalue weighted by molar-refractivity contribution is 5.59. The normalized spacial score (nSPS) is 11.1. The summed E-state index contributed by atoms with van der Waals surface area (Å²) in [4.78, 5) is 20.6. The summed E-state index contributed by atoms with van der Waals surface area (Å²) in [6.45, 7) is 8.98. The molecule has 0 unspecified atom stereocenters. The van der Waals surface area contributed by atoms with Gasteiger partial charge in [0.05, 0.1) is 4.92 Å². The van der Waals surface area contributed by atoms with Gasteiger partial charge in [0.25, 0.3) is 0 Å². The fourth-order valence-electron chi connectivity index (χ4n) is 2.25. The van der Waals surface area contributed by atoms with Gasteiger partial charge in [-0.2, -0.15) is 4.98 Å². The zero-order valence-corrected chi connectivity index (χ0v) is 12.5. The van der Waals surface area contributed by atoms with Crippen LogP contribution in [0.25, 0.3) is 0 Å². The van der Waals surface area contributed by atoms with E-state index in [9.17, 15) is 10.1 Å². The Labute approximate surface area is 119 Å². The predicted molar refractivity (Wildman–Crippen MR) is 79.7 cm³/mol. The maximum atomic E-state index is 11.2. The molecule has 1 rings (SSSR count). The molecule has 0 aromatic carbocycles. The van der Waals surface area contributed by atoms with Crippen molar-refractivity contribution in [2.24, 2.45) is 5.92 Å². The van der Waals surface area contributed by atoms with Crippen molar-refractivity contribution in [3.8, 4) is 0 Å². The lowest BCUT2D eigenvalue weighted by atomic mass is 10.1. The van der Waals surface area contributed by atoms with E-state index >= 15 is 0 Å². The minimum atomic E-state index is -0.454. The first-order valence-electron chi connectivity index (χ1n) is 6.94. The van der Waals surface area contributed by atoms with Gasteiger partial charge in [-0.25, -0.2) is 4.98 Å². The zero-order valence-electron chi connectivity index (χ0n) is 12.5. The second kappa shape index (κ2) is 7.02. The van der Waals surface area contributed by atoms with Crippen LogP contribution in [0, 0.1) is 16.0 Å². The maximum Gasteiger partial charge on any atom is 0.329 e. The van der Waals surface area contributed by atoms with Gasteiger partial charge >= 0.3 is 5.69 Å². The number of hydrogen-bond acceptors (Lipinski definition) is 6. The smallest absolute Gasteiger partial charge is 0.329 e. The molecule has 0 aliphatic rings. The Morgan fingerprint density at radius 2 is 2.00 bits per heavy atom. The second-order valence-corrected chi connectivity index (χ2v) is 5.21. The highest BCUT2D eigenvalue weighted by atomic mass is 16.6. The first-order valence-corrected chi connectivity index (χ1v) is 6.94. The van der Waals surface area contributed by atoms with Crippen LogP contribution in [0.1, 0.15) is 40.5 Å². The average molecular weight is 281 g/mol. The van der Waals surface area contributed by atoms with E-state index in [-0.39, 0.29) is 17.7 Å². The predicted octanol–water partition coefficient (Wildman–Crippen LogP) is 2.62. The molecule has 20 heavy (non-hydrogen) atoms. The largest absolute Gasteiger partial charge is 0.368 e. The minimum Gasteiger partial charge on any atom is -0.368 e. The lowest BCUT2D eigenvalue weighted by Crippen LogP contribution is -2.38. The van der Waals surface area contributed by atoms with Crippen molar-refractivity contribution in [3.63, 3.8) is 0 Å². The van der Waals surface area contributed by atoms with E-state index in [1.807, 2.05) is 4.90 Å². The zero-order chi connectivity index (χ0) is 15.3. The summed E-state index contributed by atoms with van der Waals surface area (Å²) >= 11 is 0. The summed E-state index contributed by atoms with van der Waals surface area (Å²) in [6, 6.07) is 0.199. The molecule has 1 aromatic rings.